The minimum absolute atomic E-state index is 0.0957. The van der Waals surface area contributed by atoms with Crippen molar-refractivity contribution in [3.63, 3.8) is 0 Å². The van der Waals surface area contributed by atoms with E-state index in [1.807, 2.05) is 30.5 Å². The van der Waals surface area contributed by atoms with Crippen molar-refractivity contribution in [2.24, 2.45) is 0 Å². The van der Waals surface area contributed by atoms with Gasteiger partial charge in [-0.05, 0) is 35.7 Å². The summed E-state index contributed by atoms with van der Waals surface area (Å²) in [6.45, 7) is 0.429. The number of halogens is 3. The Morgan fingerprint density at radius 1 is 1.16 bits per heavy atom. The van der Waals surface area contributed by atoms with Gasteiger partial charge in [0.25, 0.3) is 0 Å². The number of ether oxygens (including phenoxy) is 1. The molecule has 0 fully saturated rings. The Labute approximate surface area is 181 Å². The van der Waals surface area contributed by atoms with Crippen LogP contribution in [0.1, 0.15) is 22.4 Å². The fourth-order valence-electron chi connectivity index (χ4n) is 3.34. The Balaban J connectivity index is 1.24. The number of nitrogens with zero attached hydrogens (tertiary/aromatic N) is 3. The summed E-state index contributed by atoms with van der Waals surface area (Å²) in [6, 6.07) is 12.9. The van der Waals surface area contributed by atoms with E-state index >= 15 is 0 Å². The Bertz CT molecular complexity index is 1220. The predicted octanol–water partition coefficient (Wildman–Crippen LogP) is 4.30. The van der Waals surface area contributed by atoms with E-state index in [1.165, 1.54) is 16.9 Å². The summed E-state index contributed by atoms with van der Waals surface area (Å²) in [5, 5.41) is 11.6. The number of carbonyl (C=O) groups is 1. The maximum absolute atomic E-state index is 12.8. The SMILES string of the molecule is O=C(NCCc1c[nH]c2ccccc12)OCc1cn(Cc2cccc(C(F)(F)F)c2)nn1. The number of aromatic amines is 1. The highest BCUT2D eigenvalue weighted by Crippen LogP contribution is 2.29. The topological polar surface area (TPSA) is 84.8 Å². The van der Waals surface area contributed by atoms with Crippen molar-refractivity contribution in [1.82, 2.24) is 25.3 Å². The van der Waals surface area contributed by atoms with Crippen LogP contribution in [0.3, 0.4) is 0 Å². The van der Waals surface area contributed by atoms with Gasteiger partial charge in [0.2, 0.25) is 0 Å². The highest BCUT2D eigenvalue weighted by atomic mass is 19.4. The van der Waals surface area contributed by atoms with E-state index in [0.717, 1.165) is 28.6 Å². The minimum atomic E-state index is -4.40. The van der Waals surface area contributed by atoms with E-state index in [9.17, 15) is 18.0 Å². The number of rotatable bonds is 7. The number of aromatic nitrogens is 4. The van der Waals surface area contributed by atoms with Crippen molar-refractivity contribution in [3.05, 3.63) is 83.3 Å². The van der Waals surface area contributed by atoms with Crippen LogP contribution in [0.25, 0.3) is 10.9 Å². The Morgan fingerprint density at radius 2 is 2.00 bits per heavy atom. The van der Waals surface area contributed by atoms with Crippen LogP contribution in [0.4, 0.5) is 18.0 Å². The lowest BCUT2D eigenvalue weighted by molar-refractivity contribution is -0.137. The molecular weight excluding hydrogens is 423 g/mol. The summed E-state index contributed by atoms with van der Waals surface area (Å²) in [7, 11) is 0. The van der Waals surface area contributed by atoms with Gasteiger partial charge in [0, 0.05) is 23.6 Å². The zero-order chi connectivity index (χ0) is 22.6. The standard InChI is InChI=1S/C22H20F3N5O2/c23-22(24,25)17-5-3-4-15(10-17)12-30-13-18(28-29-30)14-32-21(31)26-9-8-16-11-27-20-7-2-1-6-19(16)20/h1-7,10-11,13,27H,8-9,12,14H2,(H,26,31). The molecule has 0 spiro atoms. The molecule has 4 aromatic rings. The quantitative estimate of drug-likeness (QED) is 0.446. The zero-order valence-electron chi connectivity index (χ0n) is 16.9. The van der Waals surface area contributed by atoms with Crippen LogP contribution >= 0.6 is 0 Å². The number of carbonyl (C=O) groups excluding carboxylic acids is 1. The van der Waals surface area contributed by atoms with Gasteiger partial charge < -0.3 is 15.0 Å². The van der Waals surface area contributed by atoms with Crippen LogP contribution in [0.15, 0.2) is 60.9 Å². The molecule has 4 rings (SSSR count). The fourth-order valence-corrected chi connectivity index (χ4v) is 3.34. The molecule has 10 heteroatoms. The van der Waals surface area contributed by atoms with Crippen molar-refractivity contribution in [1.29, 1.82) is 0 Å². The number of fused-ring (bicyclic) bond motifs is 1. The number of H-pyrrole nitrogens is 1. The van der Waals surface area contributed by atoms with Gasteiger partial charge in [0.1, 0.15) is 12.3 Å². The molecule has 0 atom stereocenters. The number of amides is 1. The van der Waals surface area contributed by atoms with Gasteiger partial charge in [-0.15, -0.1) is 5.10 Å². The Hall–Kier alpha value is -3.82. The Morgan fingerprint density at radius 3 is 2.84 bits per heavy atom. The van der Waals surface area contributed by atoms with Gasteiger partial charge in [-0.1, -0.05) is 35.5 Å². The summed E-state index contributed by atoms with van der Waals surface area (Å²) >= 11 is 0. The van der Waals surface area contributed by atoms with Crippen LogP contribution in [0.2, 0.25) is 0 Å². The first-order valence-electron chi connectivity index (χ1n) is 9.89. The molecule has 7 nitrogen and oxygen atoms in total. The number of nitrogens with one attached hydrogen (secondary N) is 2. The highest BCUT2D eigenvalue weighted by molar-refractivity contribution is 5.83. The molecule has 0 radical (unpaired) electrons. The number of hydrogen-bond donors (Lipinski definition) is 2. The first kappa shape index (κ1) is 21.4. The second-order valence-electron chi connectivity index (χ2n) is 7.22. The predicted molar refractivity (Wildman–Crippen MR) is 111 cm³/mol. The third-order valence-corrected chi connectivity index (χ3v) is 4.87. The molecule has 2 N–H and O–H groups in total. The minimum Gasteiger partial charge on any atom is -0.443 e. The molecule has 166 valence electrons. The third-order valence-electron chi connectivity index (χ3n) is 4.87. The third kappa shape index (κ3) is 5.26. The second-order valence-corrected chi connectivity index (χ2v) is 7.22. The number of alkyl halides is 3. The molecular formula is C22H20F3N5O2. The molecule has 2 heterocycles. The van der Waals surface area contributed by atoms with Crippen LogP contribution in [0, 0.1) is 0 Å². The Kier molecular flexibility index (Phi) is 6.11. The van der Waals surface area contributed by atoms with Gasteiger partial charge >= 0.3 is 12.3 Å². The number of benzene rings is 2. The molecule has 2 aromatic heterocycles. The molecule has 0 saturated heterocycles. The molecule has 0 saturated carbocycles. The molecule has 2 aromatic carbocycles. The number of para-hydroxylation sites is 1. The van der Waals surface area contributed by atoms with Gasteiger partial charge in [-0.25, -0.2) is 9.48 Å². The molecule has 1 amide bonds. The average molecular weight is 443 g/mol. The zero-order valence-corrected chi connectivity index (χ0v) is 16.9. The van der Waals surface area contributed by atoms with Gasteiger partial charge in [0.15, 0.2) is 0 Å². The van der Waals surface area contributed by atoms with E-state index in [2.05, 4.69) is 20.6 Å². The summed E-state index contributed by atoms with van der Waals surface area (Å²) in [5.74, 6) is 0. The molecule has 0 unspecified atom stereocenters. The molecule has 0 aliphatic rings. The van der Waals surface area contributed by atoms with Crippen molar-refractivity contribution < 1.29 is 22.7 Å². The van der Waals surface area contributed by atoms with E-state index in [4.69, 9.17) is 4.74 Å². The maximum Gasteiger partial charge on any atom is 0.416 e. The van der Waals surface area contributed by atoms with E-state index in [0.29, 0.717) is 24.2 Å². The van der Waals surface area contributed by atoms with E-state index in [-0.39, 0.29) is 13.2 Å². The largest absolute Gasteiger partial charge is 0.443 e. The highest BCUT2D eigenvalue weighted by Gasteiger charge is 2.30. The smallest absolute Gasteiger partial charge is 0.416 e. The van der Waals surface area contributed by atoms with Gasteiger partial charge in [-0.3, -0.25) is 0 Å². The summed E-state index contributed by atoms with van der Waals surface area (Å²) in [4.78, 5) is 15.1. The average Bonchev–Trinajstić information content (AvgIpc) is 3.39. The van der Waals surface area contributed by atoms with E-state index < -0.39 is 17.8 Å². The first-order valence-corrected chi connectivity index (χ1v) is 9.89. The summed E-state index contributed by atoms with van der Waals surface area (Å²) in [5.41, 5.74) is 2.25. The van der Waals surface area contributed by atoms with Crippen LogP contribution < -0.4 is 5.32 Å². The van der Waals surface area contributed by atoms with E-state index in [1.54, 1.807) is 6.07 Å². The maximum atomic E-state index is 12.8. The number of alkyl carbamates (subject to hydrolysis) is 1. The molecule has 0 aliphatic heterocycles. The van der Waals surface area contributed by atoms with Crippen molar-refractivity contribution >= 4 is 17.0 Å². The molecule has 0 bridgehead atoms. The lowest BCUT2D eigenvalue weighted by atomic mass is 10.1. The number of hydrogen-bond acceptors (Lipinski definition) is 4. The van der Waals surface area contributed by atoms with Crippen molar-refractivity contribution in [2.75, 3.05) is 6.54 Å². The van der Waals surface area contributed by atoms with Crippen LogP contribution in [-0.2, 0) is 30.5 Å². The monoisotopic (exact) mass is 443 g/mol. The molecule has 32 heavy (non-hydrogen) atoms. The van der Waals surface area contributed by atoms with Crippen molar-refractivity contribution in [2.45, 2.75) is 25.7 Å². The van der Waals surface area contributed by atoms with Gasteiger partial charge in [-0.2, -0.15) is 13.2 Å². The first-order chi connectivity index (χ1) is 15.4. The van der Waals surface area contributed by atoms with Crippen molar-refractivity contribution in [3.8, 4) is 0 Å². The summed E-state index contributed by atoms with van der Waals surface area (Å²) < 4.78 is 45.0. The molecule has 0 aliphatic carbocycles. The fraction of sp³-hybridized carbons (Fsp3) is 0.227. The second kappa shape index (κ2) is 9.13. The summed E-state index contributed by atoms with van der Waals surface area (Å²) in [6.07, 6.45) is -0.900. The lowest BCUT2D eigenvalue weighted by Crippen LogP contribution is -2.26. The normalized spacial score (nSPS) is 11.6. The van der Waals surface area contributed by atoms with Gasteiger partial charge in [0.05, 0.1) is 18.3 Å². The lowest BCUT2D eigenvalue weighted by Gasteiger charge is -2.08. The van der Waals surface area contributed by atoms with Crippen LogP contribution in [0.5, 0.6) is 0 Å². The van der Waals surface area contributed by atoms with Crippen LogP contribution in [-0.4, -0.2) is 32.6 Å².